The largest absolute Gasteiger partial charge is 0.331 e. The molecule has 2 aromatic carbocycles. The number of nitrogens with zero attached hydrogens (tertiary/aromatic N) is 2. The molecule has 0 aliphatic rings. The van der Waals surface area contributed by atoms with E-state index in [1.807, 2.05) is 60.8 Å². The maximum Gasteiger partial charge on any atom is 0.224 e. The first-order valence-corrected chi connectivity index (χ1v) is 11.1. The van der Waals surface area contributed by atoms with E-state index in [0.29, 0.717) is 11.3 Å². The Kier molecular flexibility index (Phi) is 6.67. The first kappa shape index (κ1) is 21.4. The van der Waals surface area contributed by atoms with Gasteiger partial charge in [0.2, 0.25) is 5.91 Å². The van der Waals surface area contributed by atoms with Gasteiger partial charge < -0.3 is 10.6 Å². The number of hydrogen-bond acceptors (Lipinski definition) is 6. The van der Waals surface area contributed by atoms with Crippen molar-refractivity contribution < 1.29 is 9.59 Å². The lowest BCUT2D eigenvalue weighted by molar-refractivity contribution is -0.116. The summed E-state index contributed by atoms with van der Waals surface area (Å²) in [6.07, 6.45) is 3.81. The normalized spacial score (nSPS) is 10.5. The van der Waals surface area contributed by atoms with Crippen LogP contribution in [0.15, 0.2) is 78.4 Å². The number of ketones is 1. The molecule has 0 bridgehead atoms. The molecule has 32 heavy (non-hydrogen) atoms. The number of rotatable bonds is 8. The molecule has 4 rings (SSSR count). The maximum absolute atomic E-state index is 12.4. The number of carbonyl (C=O) groups is 2. The number of Topliss-reactive ketones (excluding diaryl/α,β-unsaturated/α-hetero) is 1. The second-order valence-corrected chi connectivity index (χ2v) is 8.13. The summed E-state index contributed by atoms with van der Waals surface area (Å²) in [5.41, 5.74) is 4.99. The summed E-state index contributed by atoms with van der Waals surface area (Å²) in [6.45, 7) is 1.99. The zero-order valence-electron chi connectivity index (χ0n) is 17.5. The highest BCUT2D eigenvalue weighted by Crippen LogP contribution is 2.29. The molecule has 1 amide bonds. The molecule has 0 aliphatic carbocycles. The van der Waals surface area contributed by atoms with Crippen LogP contribution in [0.3, 0.4) is 0 Å². The van der Waals surface area contributed by atoms with Gasteiger partial charge in [-0.3, -0.25) is 14.6 Å². The number of pyridine rings is 1. The van der Waals surface area contributed by atoms with Gasteiger partial charge in [0.05, 0.1) is 5.69 Å². The van der Waals surface area contributed by atoms with Gasteiger partial charge in [0.15, 0.2) is 10.9 Å². The second kappa shape index (κ2) is 9.98. The first-order chi connectivity index (χ1) is 15.6. The Bertz CT molecular complexity index is 1220. The van der Waals surface area contributed by atoms with Gasteiger partial charge in [-0.05, 0) is 36.8 Å². The van der Waals surface area contributed by atoms with E-state index in [0.717, 1.165) is 27.6 Å². The third-order valence-corrected chi connectivity index (χ3v) is 5.66. The van der Waals surface area contributed by atoms with Crippen LogP contribution in [0.5, 0.6) is 0 Å². The summed E-state index contributed by atoms with van der Waals surface area (Å²) in [7, 11) is 0. The minimum absolute atomic E-state index is 0.0415. The smallest absolute Gasteiger partial charge is 0.224 e. The van der Waals surface area contributed by atoms with Gasteiger partial charge in [-0.2, -0.15) is 0 Å². The highest BCUT2D eigenvalue weighted by atomic mass is 32.1. The lowest BCUT2D eigenvalue weighted by Crippen LogP contribution is -2.13. The van der Waals surface area contributed by atoms with Crippen molar-refractivity contribution in [1.82, 2.24) is 9.97 Å². The van der Waals surface area contributed by atoms with E-state index < -0.39 is 0 Å². The minimum Gasteiger partial charge on any atom is -0.331 e. The number of amides is 1. The molecule has 0 unspecified atom stereocenters. The molecule has 0 atom stereocenters. The number of anilines is 3. The molecule has 0 saturated heterocycles. The van der Waals surface area contributed by atoms with Crippen LogP contribution in [0.4, 0.5) is 16.5 Å². The van der Waals surface area contributed by atoms with E-state index in [1.54, 1.807) is 24.5 Å². The van der Waals surface area contributed by atoms with Crippen molar-refractivity contribution in [2.75, 3.05) is 10.6 Å². The monoisotopic (exact) mass is 442 g/mol. The van der Waals surface area contributed by atoms with Crippen molar-refractivity contribution in [3.8, 4) is 11.3 Å². The Morgan fingerprint density at radius 3 is 2.62 bits per heavy atom. The van der Waals surface area contributed by atoms with E-state index in [4.69, 9.17) is 0 Å². The van der Waals surface area contributed by atoms with Gasteiger partial charge in [0.25, 0.3) is 0 Å². The molecule has 7 heteroatoms. The number of hydrogen-bond donors (Lipinski definition) is 2. The van der Waals surface area contributed by atoms with Gasteiger partial charge >= 0.3 is 0 Å². The van der Waals surface area contributed by atoms with Crippen LogP contribution < -0.4 is 10.6 Å². The van der Waals surface area contributed by atoms with Crippen LogP contribution in [0.2, 0.25) is 0 Å². The van der Waals surface area contributed by atoms with Crippen LogP contribution in [-0.4, -0.2) is 21.7 Å². The van der Waals surface area contributed by atoms with Gasteiger partial charge in [0, 0.05) is 53.1 Å². The predicted octanol–water partition coefficient (Wildman–Crippen LogP) is 5.86. The molecular weight excluding hydrogens is 420 g/mol. The van der Waals surface area contributed by atoms with Crippen LogP contribution >= 0.6 is 11.3 Å². The lowest BCUT2D eigenvalue weighted by atomic mass is 10.1. The van der Waals surface area contributed by atoms with E-state index >= 15 is 0 Å². The Balaban J connectivity index is 1.38. The van der Waals surface area contributed by atoms with Crippen molar-refractivity contribution in [3.05, 3.63) is 89.6 Å². The molecule has 4 aromatic rings. The zero-order chi connectivity index (χ0) is 22.3. The molecule has 0 radical (unpaired) electrons. The zero-order valence-corrected chi connectivity index (χ0v) is 18.4. The highest BCUT2D eigenvalue weighted by molar-refractivity contribution is 7.14. The summed E-state index contributed by atoms with van der Waals surface area (Å²) in [5.74, 6) is -0.239. The van der Waals surface area contributed by atoms with E-state index in [-0.39, 0.29) is 24.5 Å². The number of thiazole rings is 1. The van der Waals surface area contributed by atoms with Crippen LogP contribution in [0.1, 0.15) is 28.8 Å². The van der Waals surface area contributed by atoms with Gasteiger partial charge in [-0.1, -0.05) is 36.4 Å². The number of aromatic nitrogens is 2. The van der Waals surface area contributed by atoms with E-state index in [9.17, 15) is 9.59 Å². The Morgan fingerprint density at radius 2 is 1.84 bits per heavy atom. The molecule has 0 aliphatic heterocycles. The molecule has 2 aromatic heterocycles. The average molecular weight is 443 g/mol. The Morgan fingerprint density at radius 1 is 1.00 bits per heavy atom. The fourth-order valence-corrected chi connectivity index (χ4v) is 3.88. The number of nitrogens with one attached hydrogen (secondary N) is 2. The standard InChI is InChI=1S/C25H22N4O2S/c1-17-9-10-20(27-24(31)12-11-23(30)18-6-3-2-4-7-18)14-21(17)28-25-29-22(16-32-25)19-8-5-13-26-15-19/h2-10,13-16H,11-12H2,1H3,(H,27,31)(H,28,29). The second-order valence-electron chi connectivity index (χ2n) is 7.27. The van der Waals surface area contributed by atoms with Crippen molar-refractivity contribution in [2.45, 2.75) is 19.8 Å². The van der Waals surface area contributed by atoms with E-state index in [1.165, 1.54) is 11.3 Å². The summed E-state index contributed by atoms with van der Waals surface area (Å²) in [6, 6.07) is 18.5. The topological polar surface area (TPSA) is 84.0 Å². The van der Waals surface area contributed by atoms with Crippen molar-refractivity contribution in [2.24, 2.45) is 0 Å². The SMILES string of the molecule is Cc1ccc(NC(=O)CCC(=O)c2ccccc2)cc1Nc1nc(-c2cccnc2)cs1. The summed E-state index contributed by atoms with van der Waals surface area (Å²) < 4.78 is 0. The first-order valence-electron chi connectivity index (χ1n) is 10.2. The van der Waals surface area contributed by atoms with Crippen LogP contribution in [0, 0.1) is 6.92 Å². The van der Waals surface area contributed by atoms with Crippen molar-refractivity contribution in [3.63, 3.8) is 0 Å². The molecular formula is C25H22N4O2S. The third-order valence-electron chi connectivity index (χ3n) is 4.90. The number of aryl methyl sites for hydroxylation is 1. The summed E-state index contributed by atoms with van der Waals surface area (Å²) in [5, 5.41) is 8.94. The van der Waals surface area contributed by atoms with Crippen molar-refractivity contribution >= 4 is 39.5 Å². The number of carbonyl (C=O) groups excluding carboxylic acids is 2. The Labute approximate surface area is 190 Å². The Hall–Kier alpha value is -3.84. The molecule has 0 spiro atoms. The fraction of sp³-hybridized carbons (Fsp3) is 0.120. The highest BCUT2D eigenvalue weighted by Gasteiger charge is 2.11. The fourth-order valence-electron chi connectivity index (χ4n) is 3.15. The lowest BCUT2D eigenvalue weighted by Gasteiger charge is -2.11. The maximum atomic E-state index is 12.4. The minimum atomic E-state index is -0.197. The number of benzene rings is 2. The quantitative estimate of drug-likeness (QED) is 0.334. The van der Waals surface area contributed by atoms with Gasteiger partial charge in [-0.25, -0.2) is 4.98 Å². The molecule has 0 saturated carbocycles. The third kappa shape index (κ3) is 5.44. The van der Waals surface area contributed by atoms with Crippen LogP contribution in [-0.2, 0) is 4.79 Å². The molecule has 2 N–H and O–H groups in total. The summed E-state index contributed by atoms with van der Waals surface area (Å²) >= 11 is 1.50. The molecule has 0 fully saturated rings. The molecule has 6 nitrogen and oxygen atoms in total. The molecule has 2 heterocycles. The van der Waals surface area contributed by atoms with Crippen molar-refractivity contribution in [1.29, 1.82) is 0 Å². The summed E-state index contributed by atoms with van der Waals surface area (Å²) in [4.78, 5) is 33.3. The van der Waals surface area contributed by atoms with Gasteiger partial charge in [0.1, 0.15) is 0 Å². The van der Waals surface area contributed by atoms with Crippen LogP contribution in [0.25, 0.3) is 11.3 Å². The molecule has 160 valence electrons. The average Bonchev–Trinajstić information content (AvgIpc) is 3.29. The van der Waals surface area contributed by atoms with E-state index in [2.05, 4.69) is 20.6 Å². The predicted molar refractivity (Wildman–Crippen MR) is 128 cm³/mol. The van der Waals surface area contributed by atoms with Gasteiger partial charge in [-0.15, -0.1) is 11.3 Å².